The average molecular weight is 340 g/mol. The molecule has 1 aromatic heterocycles. The Morgan fingerprint density at radius 2 is 1.96 bits per heavy atom. The Hall–Kier alpha value is -2.47. The van der Waals surface area contributed by atoms with Crippen LogP contribution in [0.1, 0.15) is 36.2 Å². The number of nitrogens with zero attached hydrogens (tertiary/aromatic N) is 2. The van der Waals surface area contributed by atoms with Gasteiger partial charge in [0.1, 0.15) is 11.5 Å². The smallest absolute Gasteiger partial charge is 0.270 e. The topological polar surface area (TPSA) is 76.1 Å². The van der Waals surface area contributed by atoms with E-state index in [-0.39, 0.29) is 11.9 Å². The Morgan fingerprint density at radius 1 is 1.20 bits per heavy atom. The molecule has 1 aromatic carbocycles. The third kappa shape index (κ3) is 4.76. The largest absolute Gasteiger partial charge is 0.383 e. The lowest BCUT2D eigenvalue weighted by Gasteiger charge is -2.13. The molecule has 6 heteroatoms. The molecule has 1 heterocycles. The summed E-state index contributed by atoms with van der Waals surface area (Å²) < 4.78 is 5.06. The van der Waals surface area contributed by atoms with Crippen LogP contribution in [0.4, 0.5) is 5.82 Å². The molecular formula is C19H24N4O2. The molecule has 1 amide bonds. The van der Waals surface area contributed by atoms with Gasteiger partial charge in [-0.15, -0.1) is 0 Å². The number of amides is 1. The number of hydrogen-bond acceptors (Lipinski definition) is 5. The summed E-state index contributed by atoms with van der Waals surface area (Å²) in [6, 6.07) is 11.6. The van der Waals surface area contributed by atoms with E-state index in [1.807, 2.05) is 30.3 Å². The summed E-state index contributed by atoms with van der Waals surface area (Å²) in [5.74, 6) is 1.03. The molecule has 3 rings (SSSR count). The van der Waals surface area contributed by atoms with Crippen LogP contribution < -0.4 is 10.6 Å². The molecule has 25 heavy (non-hydrogen) atoms. The van der Waals surface area contributed by atoms with E-state index in [0.717, 1.165) is 18.4 Å². The maximum Gasteiger partial charge on any atom is 0.270 e. The van der Waals surface area contributed by atoms with Crippen molar-refractivity contribution < 1.29 is 9.53 Å². The highest BCUT2D eigenvalue weighted by atomic mass is 16.5. The van der Waals surface area contributed by atoms with Gasteiger partial charge in [-0.25, -0.2) is 9.97 Å². The molecule has 1 saturated carbocycles. The van der Waals surface area contributed by atoms with Crippen molar-refractivity contribution >= 4 is 11.7 Å². The molecular weight excluding hydrogens is 316 g/mol. The summed E-state index contributed by atoms with van der Waals surface area (Å²) >= 11 is 0. The van der Waals surface area contributed by atoms with Crippen molar-refractivity contribution in [3.63, 3.8) is 0 Å². The third-order valence-corrected chi connectivity index (χ3v) is 4.29. The maximum atomic E-state index is 12.6. The number of benzene rings is 1. The molecule has 0 radical (unpaired) electrons. The SMILES string of the molecule is COCCNc1cc(C(=O)NC2CCCC2)nc(-c2ccccc2)n1. The molecule has 0 bridgehead atoms. The van der Waals surface area contributed by atoms with Gasteiger partial charge >= 0.3 is 0 Å². The van der Waals surface area contributed by atoms with Crippen LogP contribution in [0.15, 0.2) is 36.4 Å². The van der Waals surface area contributed by atoms with E-state index in [1.165, 1.54) is 12.8 Å². The van der Waals surface area contributed by atoms with Gasteiger partial charge in [0.05, 0.1) is 6.61 Å². The molecule has 2 aromatic rings. The molecule has 0 atom stereocenters. The standard InChI is InChI=1S/C19H24N4O2/c1-25-12-11-20-17-13-16(19(24)21-15-9-5-6-10-15)22-18(23-17)14-7-3-2-4-8-14/h2-4,7-8,13,15H,5-6,9-12H2,1H3,(H,21,24)(H,20,22,23). The minimum absolute atomic E-state index is 0.138. The van der Waals surface area contributed by atoms with Crippen molar-refractivity contribution in [2.75, 3.05) is 25.6 Å². The zero-order chi connectivity index (χ0) is 17.5. The molecule has 0 unspecified atom stereocenters. The van der Waals surface area contributed by atoms with Crippen LogP contribution in [0.5, 0.6) is 0 Å². The lowest BCUT2D eigenvalue weighted by molar-refractivity contribution is 0.0933. The molecule has 132 valence electrons. The lowest BCUT2D eigenvalue weighted by atomic mass is 10.2. The van der Waals surface area contributed by atoms with Crippen molar-refractivity contribution in [1.29, 1.82) is 0 Å². The normalized spacial score (nSPS) is 14.4. The van der Waals surface area contributed by atoms with Gasteiger partial charge < -0.3 is 15.4 Å². The number of aromatic nitrogens is 2. The molecule has 1 fully saturated rings. The van der Waals surface area contributed by atoms with Gasteiger partial charge in [0.25, 0.3) is 5.91 Å². The summed E-state index contributed by atoms with van der Waals surface area (Å²) in [5.41, 5.74) is 1.27. The number of methoxy groups -OCH3 is 1. The highest BCUT2D eigenvalue weighted by Gasteiger charge is 2.20. The molecule has 2 N–H and O–H groups in total. The van der Waals surface area contributed by atoms with E-state index in [9.17, 15) is 4.79 Å². The number of rotatable bonds is 7. The second-order valence-electron chi connectivity index (χ2n) is 6.20. The second-order valence-corrected chi connectivity index (χ2v) is 6.20. The fraction of sp³-hybridized carbons (Fsp3) is 0.421. The van der Waals surface area contributed by atoms with E-state index in [4.69, 9.17) is 4.74 Å². The zero-order valence-electron chi connectivity index (χ0n) is 14.5. The predicted molar refractivity (Wildman–Crippen MR) is 97.6 cm³/mol. The number of carbonyl (C=O) groups is 1. The van der Waals surface area contributed by atoms with Crippen LogP contribution in [-0.2, 0) is 4.74 Å². The Morgan fingerprint density at radius 3 is 2.68 bits per heavy atom. The Bertz CT molecular complexity index is 700. The first-order valence-electron chi connectivity index (χ1n) is 8.74. The van der Waals surface area contributed by atoms with Crippen LogP contribution in [0.25, 0.3) is 11.4 Å². The highest BCUT2D eigenvalue weighted by Crippen LogP contribution is 2.20. The summed E-state index contributed by atoms with van der Waals surface area (Å²) in [6.45, 7) is 1.18. The maximum absolute atomic E-state index is 12.6. The minimum atomic E-state index is -0.138. The number of nitrogens with one attached hydrogen (secondary N) is 2. The zero-order valence-corrected chi connectivity index (χ0v) is 14.5. The van der Waals surface area contributed by atoms with Gasteiger partial charge in [0.2, 0.25) is 0 Å². The second kappa shape index (κ2) is 8.58. The molecule has 0 spiro atoms. The van der Waals surface area contributed by atoms with Gasteiger partial charge in [0, 0.05) is 31.3 Å². The van der Waals surface area contributed by atoms with Crippen LogP contribution in [0.2, 0.25) is 0 Å². The number of anilines is 1. The lowest BCUT2D eigenvalue weighted by Crippen LogP contribution is -2.33. The Kier molecular flexibility index (Phi) is 5.95. The van der Waals surface area contributed by atoms with Crippen LogP contribution in [-0.4, -0.2) is 42.2 Å². The number of carbonyl (C=O) groups excluding carboxylic acids is 1. The summed E-state index contributed by atoms with van der Waals surface area (Å²) in [4.78, 5) is 21.6. The molecule has 1 aliphatic rings. The van der Waals surface area contributed by atoms with E-state index in [0.29, 0.717) is 30.5 Å². The first-order chi connectivity index (χ1) is 12.3. The molecule has 6 nitrogen and oxygen atoms in total. The quantitative estimate of drug-likeness (QED) is 0.758. The summed E-state index contributed by atoms with van der Waals surface area (Å²) in [6.07, 6.45) is 4.43. The van der Waals surface area contributed by atoms with E-state index in [1.54, 1.807) is 13.2 Å². The van der Waals surface area contributed by atoms with Gasteiger partial charge in [-0.2, -0.15) is 0 Å². The van der Waals surface area contributed by atoms with Crippen LogP contribution in [0.3, 0.4) is 0 Å². The van der Waals surface area contributed by atoms with Crippen molar-refractivity contribution in [2.24, 2.45) is 0 Å². The summed E-state index contributed by atoms with van der Waals surface area (Å²) in [7, 11) is 1.65. The van der Waals surface area contributed by atoms with Crippen molar-refractivity contribution in [2.45, 2.75) is 31.7 Å². The fourth-order valence-corrected chi connectivity index (χ4v) is 2.98. The molecule has 0 aliphatic heterocycles. The Labute approximate surface area is 148 Å². The Balaban J connectivity index is 1.84. The van der Waals surface area contributed by atoms with Gasteiger partial charge in [-0.3, -0.25) is 4.79 Å². The van der Waals surface area contributed by atoms with Gasteiger partial charge in [0.15, 0.2) is 5.82 Å². The predicted octanol–water partition coefficient (Wildman–Crippen LogP) is 2.87. The summed E-state index contributed by atoms with van der Waals surface area (Å²) in [5, 5.41) is 6.28. The van der Waals surface area contributed by atoms with Crippen LogP contribution in [0, 0.1) is 0 Å². The fourth-order valence-electron chi connectivity index (χ4n) is 2.98. The number of ether oxygens (including phenoxy) is 1. The van der Waals surface area contributed by atoms with Crippen molar-refractivity contribution in [1.82, 2.24) is 15.3 Å². The first kappa shape index (κ1) is 17.4. The van der Waals surface area contributed by atoms with Crippen molar-refractivity contribution in [3.05, 3.63) is 42.1 Å². The van der Waals surface area contributed by atoms with Crippen molar-refractivity contribution in [3.8, 4) is 11.4 Å². The molecule has 1 aliphatic carbocycles. The minimum Gasteiger partial charge on any atom is -0.383 e. The highest BCUT2D eigenvalue weighted by molar-refractivity contribution is 5.93. The average Bonchev–Trinajstić information content (AvgIpc) is 3.15. The third-order valence-electron chi connectivity index (χ3n) is 4.29. The van der Waals surface area contributed by atoms with Gasteiger partial charge in [-0.1, -0.05) is 43.2 Å². The van der Waals surface area contributed by atoms with E-state index in [2.05, 4.69) is 20.6 Å². The van der Waals surface area contributed by atoms with E-state index < -0.39 is 0 Å². The first-order valence-corrected chi connectivity index (χ1v) is 8.74. The van der Waals surface area contributed by atoms with E-state index >= 15 is 0 Å². The van der Waals surface area contributed by atoms with Crippen LogP contribution >= 0.6 is 0 Å². The van der Waals surface area contributed by atoms with Gasteiger partial charge in [-0.05, 0) is 12.8 Å². The number of hydrogen-bond donors (Lipinski definition) is 2. The molecule has 0 saturated heterocycles. The monoisotopic (exact) mass is 340 g/mol.